The number of nitrogen functional groups attached to an aromatic ring is 1. The van der Waals surface area contributed by atoms with Gasteiger partial charge in [0.15, 0.2) is 11.7 Å². The van der Waals surface area contributed by atoms with E-state index in [-0.39, 0.29) is 5.84 Å². The van der Waals surface area contributed by atoms with Gasteiger partial charge < -0.3 is 25.5 Å². The average molecular weight is 355 g/mol. The van der Waals surface area contributed by atoms with Crippen LogP contribution in [0.1, 0.15) is 30.8 Å². The molecule has 1 fully saturated rings. The number of aliphatic hydroxyl groups is 1. The quantitative estimate of drug-likeness (QED) is 0.383. The third-order valence-electron chi connectivity index (χ3n) is 4.30. The second kappa shape index (κ2) is 7.31. The fraction of sp³-hybridized carbons (Fsp3) is 0.368. The minimum absolute atomic E-state index is 0.158. The summed E-state index contributed by atoms with van der Waals surface area (Å²) in [4.78, 5) is 9.91. The van der Waals surface area contributed by atoms with Gasteiger partial charge in [0.2, 0.25) is 0 Å². The van der Waals surface area contributed by atoms with Gasteiger partial charge in [-0.25, -0.2) is 4.99 Å². The molecule has 0 unspecified atom stereocenters. The van der Waals surface area contributed by atoms with E-state index < -0.39 is 5.60 Å². The number of hydrogen-bond acceptors (Lipinski definition) is 4. The van der Waals surface area contributed by atoms with Crippen molar-refractivity contribution in [2.75, 3.05) is 32.0 Å². The van der Waals surface area contributed by atoms with E-state index in [1.54, 1.807) is 38.1 Å². The zero-order valence-corrected chi connectivity index (χ0v) is 15.1. The van der Waals surface area contributed by atoms with Crippen molar-refractivity contribution in [1.82, 2.24) is 9.88 Å². The smallest absolute Gasteiger partial charge is 0.155 e. The third kappa shape index (κ3) is 4.12. The molecule has 0 atom stereocenters. The van der Waals surface area contributed by atoms with Crippen LogP contribution in [0.25, 0.3) is 0 Å². The Kier molecular flexibility index (Phi) is 5.11. The molecule has 1 aromatic carbocycles. The molecule has 1 aromatic heterocycles. The minimum Gasteiger partial charge on any atom is -0.399 e. The highest BCUT2D eigenvalue weighted by Gasteiger charge is 2.23. The number of aromatic nitrogens is 1. The summed E-state index contributed by atoms with van der Waals surface area (Å²) in [7, 11) is 0. The SMILES string of the molecule is CC(C)(O)c1ccc(C(=NC(=N)c2ccc(N)cc2)N2CCOCC2)[nH]1. The maximum Gasteiger partial charge on any atom is 0.155 e. The van der Waals surface area contributed by atoms with Crippen LogP contribution < -0.4 is 5.73 Å². The number of nitrogens with two attached hydrogens (primary N) is 1. The van der Waals surface area contributed by atoms with Crippen LogP contribution in [0.15, 0.2) is 41.4 Å². The van der Waals surface area contributed by atoms with Crippen molar-refractivity contribution in [2.24, 2.45) is 4.99 Å². The normalized spacial score (nSPS) is 16.0. The molecule has 0 bridgehead atoms. The summed E-state index contributed by atoms with van der Waals surface area (Å²) in [5.74, 6) is 0.830. The summed E-state index contributed by atoms with van der Waals surface area (Å²) in [6.07, 6.45) is 0. The Morgan fingerprint density at radius 1 is 1.19 bits per heavy atom. The first-order chi connectivity index (χ1) is 12.3. The van der Waals surface area contributed by atoms with E-state index in [2.05, 4.69) is 14.9 Å². The Hall–Kier alpha value is -2.64. The number of ether oxygens (including phenoxy) is 1. The van der Waals surface area contributed by atoms with E-state index in [1.807, 2.05) is 12.1 Å². The number of anilines is 1. The third-order valence-corrected chi connectivity index (χ3v) is 4.30. The molecule has 3 rings (SSSR count). The van der Waals surface area contributed by atoms with E-state index in [9.17, 15) is 5.11 Å². The Labute approximate surface area is 153 Å². The number of aliphatic imine (C=N–C) groups is 1. The van der Waals surface area contributed by atoms with Crippen molar-refractivity contribution in [2.45, 2.75) is 19.4 Å². The first-order valence-electron chi connectivity index (χ1n) is 8.62. The molecule has 2 aromatic rings. The molecule has 1 saturated heterocycles. The molecule has 0 amide bonds. The highest BCUT2D eigenvalue weighted by atomic mass is 16.5. The zero-order valence-electron chi connectivity index (χ0n) is 15.1. The second-order valence-electron chi connectivity index (χ2n) is 6.85. The van der Waals surface area contributed by atoms with Crippen LogP contribution in [0.3, 0.4) is 0 Å². The van der Waals surface area contributed by atoms with Crippen LogP contribution in [0.4, 0.5) is 5.69 Å². The monoisotopic (exact) mass is 355 g/mol. The van der Waals surface area contributed by atoms with Crippen molar-refractivity contribution in [1.29, 1.82) is 5.41 Å². The number of rotatable bonds is 3. The van der Waals surface area contributed by atoms with E-state index in [0.717, 1.165) is 5.69 Å². The summed E-state index contributed by atoms with van der Waals surface area (Å²) in [6.45, 7) is 6.09. The largest absolute Gasteiger partial charge is 0.399 e. The minimum atomic E-state index is -0.973. The topological polar surface area (TPSA) is 111 Å². The number of H-pyrrole nitrogens is 1. The number of nitrogens with one attached hydrogen (secondary N) is 2. The van der Waals surface area contributed by atoms with E-state index >= 15 is 0 Å². The van der Waals surface area contributed by atoms with Crippen LogP contribution >= 0.6 is 0 Å². The predicted molar refractivity (Wildman–Crippen MR) is 103 cm³/mol. The summed E-state index contributed by atoms with van der Waals surface area (Å²) in [6, 6.07) is 10.8. The summed E-state index contributed by atoms with van der Waals surface area (Å²) >= 11 is 0. The van der Waals surface area contributed by atoms with E-state index in [0.29, 0.717) is 49.1 Å². The Bertz CT molecular complexity index is 796. The number of hydrogen-bond donors (Lipinski definition) is 4. The molecule has 0 radical (unpaired) electrons. The van der Waals surface area contributed by atoms with Crippen molar-refractivity contribution >= 4 is 17.4 Å². The van der Waals surface area contributed by atoms with Crippen molar-refractivity contribution in [3.05, 3.63) is 53.3 Å². The summed E-state index contributed by atoms with van der Waals surface area (Å²) in [5.41, 5.74) is 7.56. The molecule has 1 aliphatic rings. The first-order valence-corrected chi connectivity index (χ1v) is 8.62. The molecule has 0 saturated carbocycles. The van der Waals surface area contributed by atoms with E-state index in [1.165, 1.54) is 0 Å². The number of benzene rings is 1. The molecular formula is C19H25N5O2. The second-order valence-corrected chi connectivity index (χ2v) is 6.85. The van der Waals surface area contributed by atoms with Gasteiger partial charge in [-0.15, -0.1) is 0 Å². The number of morpholine rings is 1. The molecule has 0 aliphatic carbocycles. The lowest BCUT2D eigenvalue weighted by atomic mass is 10.1. The van der Waals surface area contributed by atoms with Crippen molar-refractivity contribution in [3.63, 3.8) is 0 Å². The van der Waals surface area contributed by atoms with Crippen LogP contribution in [0.2, 0.25) is 0 Å². The van der Waals surface area contributed by atoms with Crippen molar-refractivity contribution < 1.29 is 9.84 Å². The first kappa shape index (κ1) is 18.2. The number of aromatic amines is 1. The Morgan fingerprint density at radius 2 is 1.85 bits per heavy atom. The molecule has 5 N–H and O–H groups in total. The maximum atomic E-state index is 10.2. The molecule has 0 spiro atoms. The molecule has 26 heavy (non-hydrogen) atoms. The van der Waals surface area contributed by atoms with Gasteiger partial charge in [0.1, 0.15) is 0 Å². The molecule has 2 heterocycles. The summed E-state index contributed by atoms with van der Waals surface area (Å²) in [5, 5.41) is 18.6. The van der Waals surface area contributed by atoms with E-state index in [4.69, 9.17) is 15.9 Å². The lowest BCUT2D eigenvalue weighted by Crippen LogP contribution is -2.41. The van der Waals surface area contributed by atoms with Crippen LogP contribution in [-0.2, 0) is 10.3 Å². The lowest BCUT2D eigenvalue weighted by molar-refractivity contribution is 0.0679. The highest BCUT2D eigenvalue weighted by molar-refractivity contribution is 6.09. The fourth-order valence-electron chi connectivity index (χ4n) is 2.77. The van der Waals surface area contributed by atoms with Gasteiger partial charge in [0.25, 0.3) is 0 Å². The van der Waals surface area contributed by atoms with Gasteiger partial charge in [-0.05, 0) is 50.2 Å². The Balaban J connectivity index is 1.96. The standard InChI is InChI=1S/C19H25N5O2/c1-19(2,25)16-8-7-15(22-16)18(24-9-11-26-12-10-24)23-17(21)13-3-5-14(20)6-4-13/h3-8,21-22,25H,9-12,20H2,1-2H3. The van der Waals surface area contributed by atoms with Gasteiger partial charge in [0, 0.05) is 30.0 Å². The van der Waals surface area contributed by atoms with Crippen LogP contribution in [0.5, 0.6) is 0 Å². The van der Waals surface area contributed by atoms with Crippen LogP contribution in [0, 0.1) is 5.41 Å². The molecule has 138 valence electrons. The van der Waals surface area contributed by atoms with Gasteiger partial charge >= 0.3 is 0 Å². The number of amidine groups is 2. The van der Waals surface area contributed by atoms with Crippen molar-refractivity contribution in [3.8, 4) is 0 Å². The number of nitrogens with zero attached hydrogens (tertiary/aromatic N) is 2. The zero-order chi connectivity index (χ0) is 18.7. The molecule has 7 heteroatoms. The molecule has 7 nitrogen and oxygen atoms in total. The Morgan fingerprint density at radius 3 is 2.42 bits per heavy atom. The predicted octanol–water partition coefficient (Wildman–Crippen LogP) is 1.93. The lowest BCUT2D eigenvalue weighted by Gasteiger charge is -2.29. The summed E-state index contributed by atoms with van der Waals surface area (Å²) < 4.78 is 5.43. The maximum absolute atomic E-state index is 10.2. The van der Waals surface area contributed by atoms with Gasteiger partial charge in [-0.1, -0.05) is 0 Å². The van der Waals surface area contributed by atoms with Gasteiger partial charge in [0.05, 0.1) is 24.5 Å². The van der Waals surface area contributed by atoms with Crippen LogP contribution in [-0.4, -0.2) is 53.0 Å². The fourth-order valence-corrected chi connectivity index (χ4v) is 2.77. The highest BCUT2D eigenvalue weighted by Crippen LogP contribution is 2.20. The average Bonchev–Trinajstić information content (AvgIpc) is 3.11. The molecule has 1 aliphatic heterocycles. The van der Waals surface area contributed by atoms with Gasteiger partial charge in [-0.2, -0.15) is 0 Å². The van der Waals surface area contributed by atoms with Gasteiger partial charge in [-0.3, -0.25) is 5.41 Å². The molecular weight excluding hydrogens is 330 g/mol.